The van der Waals surface area contributed by atoms with Crippen LogP contribution in [0.3, 0.4) is 0 Å². The highest BCUT2D eigenvalue weighted by molar-refractivity contribution is 5.98. The largest absolute Gasteiger partial charge is 0.477 e. The van der Waals surface area contributed by atoms with Gasteiger partial charge in [-0.25, -0.2) is 23.2 Å². The lowest BCUT2D eigenvalue weighted by Crippen LogP contribution is -2.32. The van der Waals surface area contributed by atoms with Crippen molar-refractivity contribution in [3.8, 4) is 22.3 Å². The molecule has 0 radical (unpaired) electrons. The van der Waals surface area contributed by atoms with E-state index in [4.69, 9.17) is 4.98 Å². The number of aromatic nitrogens is 3. The van der Waals surface area contributed by atoms with Crippen molar-refractivity contribution in [1.29, 1.82) is 0 Å². The molecule has 3 N–H and O–H groups in total. The SMILES string of the molecule is CNc1cc(F)c(F)c2c1Cc1ncc(-c3cnc4c(c3)c(=O)c(C(=O)O)cn4NC)c(N3C[C@H]4CCN(C)[C@H]4C3)c1-2. The molecule has 5 heterocycles. The van der Waals surface area contributed by atoms with Gasteiger partial charge in [0.25, 0.3) is 0 Å². The first-order valence-corrected chi connectivity index (χ1v) is 13.8. The van der Waals surface area contributed by atoms with Gasteiger partial charge >= 0.3 is 5.97 Å². The molecule has 1 aliphatic carbocycles. The molecule has 216 valence electrons. The van der Waals surface area contributed by atoms with Gasteiger partial charge in [-0.05, 0) is 37.6 Å². The Morgan fingerprint density at radius 2 is 1.93 bits per heavy atom. The quantitative estimate of drug-likeness (QED) is 0.291. The summed E-state index contributed by atoms with van der Waals surface area (Å²) in [4.78, 5) is 38.9. The predicted octanol–water partition coefficient (Wildman–Crippen LogP) is 3.36. The molecule has 2 aliphatic heterocycles. The number of halogens is 2. The summed E-state index contributed by atoms with van der Waals surface area (Å²) in [6.07, 6.45) is 5.89. The van der Waals surface area contributed by atoms with E-state index < -0.39 is 28.6 Å². The molecule has 0 amide bonds. The minimum Gasteiger partial charge on any atom is -0.477 e. The third kappa shape index (κ3) is 3.71. The van der Waals surface area contributed by atoms with Gasteiger partial charge in [0, 0.05) is 92.2 Å². The van der Waals surface area contributed by atoms with E-state index in [1.54, 1.807) is 32.6 Å². The number of nitrogens with one attached hydrogen (secondary N) is 2. The number of rotatable bonds is 5. The van der Waals surface area contributed by atoms with Crippen molar-refractivity contribution in [2.24, 2.45) is 5.92 Å². The minimum absolute atomic E-state index is 0.112. The zero-order chi connectivity index (χ0) is 29.4. The van der Waals surface area contributed by atoms with Gasteiger partial charge in [-0.3, -0.25) is 9.78 Å². The number of carboxylic acids is 1. The van der Waals surface area contributed by atoms with Gasteiger partial charge in [0.15, 0.2) is 17.3 Å². The Bertz CT molecular complexity index is 1870. The molecule has 7 rings (SSSR count). The first kappa shape index (κ1) is 26.3. The number of likely N-dealkylation sites (N-methyl/N-ethyl adjacent to an activating group) is 1. The molecule has 2 fully saturated rings. The second-order valence-corrected chi connectivity index (χ2v) is 11.2. The van der Waals surface area contributed by atoms with E-state index in [0.29, 0.717) is 58.6 Å². The lowest BCUT2D eigenvalue weighted by Gasteiger charge is -2.27. The third-order valence-electron chi connectivity index (χ3n) is 9.09. The number of likely N-dealkylation sites (tertiary alicyclic amines) is 1. The fraction of sp³-hybridized carbons (Fsp3) is 0.333. The van der Waals surface area contributed by atoms with Crippen molar-refractivity contribution < 1.29 is 18.7 Å². The van der Waals surface area contributed by atoms with E-state index in [-0.39, 0.29) is 16.6 Å². The van der Waals surface area contributed by atoms with Crippen molar-refractivity contribution >= 4 is 28.4 Å². The van der Waals surface area contributed by atoms with Crippen LogP contribution in [-0.4, -0.2) is 77.4 Å². The summed E-state index contributed by atoms with van der Waals surface area (Å²) >= 11 is 0. The molecule has 0 saturated carbocycles. The van der Waals surface area contributed by atoms with E-state index in [1.807, 2.05) is 0 Å². The Balaban J connectivity index is 1.50. The van der Waals surface area contributed by atoms with Crippen LogP contribution < -0.4 is 21.1 Å². The van der Waals surface area contributed by atoms with E-state index in [0.717, 1.165) is 25.2 Å². The Hall–Kier alpha value is -4.58. The molecule has 4 aromatic rings. The summed E-state index contributed by atoms with van der Waals surface area (Å²) in [7, 11) is 5.38. The number of hydrogen-bond acceptors (Lipinski definition) is 8. The molecule has 3 aromatic heterocycles. The summed E-state index contributed by atoms with van der Waals surface area (Å²) < 4.78 is 32.0. The molecule has 3 aliphatic rings. The Morgan fingerprint density at radius 3 is 2.64 bits per heavy atom. The van der Waals surface area contributed by atoms with Crippen LogP contribution in [-0.2, 0) is 6.42 Å². The summed E-state index contributed by atoms with van der Waals surface area (Å²) in [6, 6.07) is 3.11. The second-order valence-electron chi connectivity index (χ2n) is 11.2. The lowest BCUT2D eigenvalue weighted by atomic mass is 9.97. The first-order chi connectivity index (χ1) is 20.2. The fourth-order valence-electron chi connectivity index (χ4n) is 7.01. The van der Waals surface area contributed by atoms with Crippen molar-refractivity contribution in [2.45, 2.75) is 18.9 Å². The highest BCUT2D eigenvalue weighted by Crippen LogP contribution is 2.51. The molecular weight excluding hydrogens is 544 g/mol. The van der Waals surface area contributed by atoms with Gasteiger partial charge in [0.2, 0.25) is 5.43 Å². The van der Waals surface area contributed by atoms with Crippen LogP contribution in [0.25, 0.3) is 33.3 Å². The Morgan fingerprint density at radius 1 is 1.12 bits per heavy atom. The van der Waals surface area contributed by atoms with E-state index >= 15 is 4.39 Å². The van der Waals surface area contributed by atoms with Crippen molar-refractivity contribution in [3.05, 3.63) is 69.4 Å². The van der Waals surface area contributed by atoms with Crippen LogP contribution in [0.5, 0.6) is 0 Å². The number of pyridine rings is 3. The smallest absolute Gasteiger partial charge is 0.341 e. The van der Waals surface area contributed by atoms with Gasteiger partial charge in [-0.1, -0.05) is 0 Å². The molecule has 2 atom stereocenters. The highest BCUT2D eigenvalue weighted by atomic mass is 19.2. The van der Waals surface area contributed by atoms with Gasteiger partial charge in [-0.15, -0.1) is 0 Å². The number of carboxylic acid groups (broad SMARTS) is 1. The van der Waals surface area contributed by atoms with Crippen LogP contribution in [0.2, 0.25) is 0 Å². The number of fused-ring (bicyclic) bond motifs is 5. The molecule has 0 spiro atoms. The molecule has 0 bridgehead atoms. The maximum absolute atomic E-state index is 15.7. The third-order valence-corrected chi connectivity index (χ3v) is 9.09. The van der Waals surface area contributed by atoms with E-state index in [2.05, 4.69) is 32.6 Å². The maximum Gasteiger partial charge on any atom is 0.341 e. The zero-order valence-electron chi connectivity index (χ0n) is 23.3. The van der Waals surface area contributed by atoms with Crippen LogP contribution in [0.4, 0.5) is 20.2 Å². The van der Waals surface area contributed by atoms with Gasteiger partial charge in [0.1, 0.15) is 5.56 Å². The fourth-order valence-corrected chi connectivity index (χ4v) is 7.01. The van der Waals surface area contributed by atoms with Gasteiger partial charge in [0.05, 0.1) is 16.8 Å². The zero-order valence-corrected chi connectivity index (χ0v) is 23.3. The average molecular weight is 574 g/mol. The van der Waals surface area contributed by atoms with Crippen LogP contribution in [0.1, 0.15) is 28.0 Å². The molecule has 42 heavy (non-hydrogen) atoms. The van der Waals surface area contributed by atoms with Crippen molar-refractivity contribution in [1.82, 2.24) is 19.5 Å². The molecule has 1 aromatic carbocycles. The predicted molar refractivity (Wildman–Crippen MR) is 156 cm³/mol. The summed E-state index contributed by atoms with van der Waals surface area (Å²) in [5.74, 6) is -2.78. The number of benzene rings is 1. The molecular formula is C30H29F2N7O3. The number of anilines is 2. The average Bonchev–Trinajstić information content (AvgIpc) is 3.68. The number of aromatic carboxylic acids is 1. The highest BCUT2D eigenvalue weighted by Gasteiger charge is 2.42. The van der Waals surface area contributed by atoms with E-state index in [1.165, 1.54) is 16.9 Å². The molecule has 0 unspecified atom stereocenters. The van der Waals surface area contributed by atoms with Gasteiger partial charge < -0.3 is 25.6 Å². The van der Waals surface area contributed by atoms with E-state index in [9.17, 15) is 19.1 Å². The van der Waals surface area contributed by atoms with Crippen LogP contribution in [0.15, 0.2) is 35.5 Å². The van der Waals surface area contributed by atoms with Crippen LogP contribution in [0, 0.1) is 17.6 Å². The first-order valence-electron chi connectivity index (χ1n) is 13.8. The molecule has 2 saturated heterocycles. The lowest BCUT2D eigenvalue weighted by molar-refractivity contribution is 0.0695. The Labute approximate surface area is 239 Å². The normalized spacial score (nSPS) is 19.2. The standard InChI is InChI=1S/C30H29F2N7O3/c1-33-21-8-20(31)26(32)24-16(21)7-22-25(24)27(38-11-14-4-5-37(3)23(14)13-38)18(10-35-22)15-6-17-28(40)19(30(41)42)12-39(34-2)29(17)36-9-15/h6,8-10,12,14,23,33-34H,4-5,7,11,13H2,1-3H3,(H,41,42)/t14-,23+/m1/s1. The van der Waals surface area contributed by atoms with Crippen molar-refractivity contribution in [2.75, 3.05) is 56.4 Å². The van der Waals surface area contributed by atoms with Crippen LogP contribution >= 0.6 is 0 Å². The summed E-state index contributed by atoms with van der Waals surface area (Å²) in [5, 5.41) is 12.8. The number of nitrogens with zero attached hydrogens (tertiary/aromatic N) is 5. The monoisotopic (exact) mass is 573 g/mol. The number of carbonyl (C=O) groups is 1. The second kappa shape index (κ2) is 9.48. The Kier molecular flexibility index (Phi) is 5.94. The summed E-state index contributed by atoms with van der Waals surface area (Å²) in [5.41, 5.74) is 6.46. The topological polar surface area (TPSA) is 116 Å². The van der Waals surface area contributed by atoms with Crippen molar-refractivity contribution in [3.63, 3.8) is 0 Å². The molecule has 10 nitrogen and oxygen atoms in total. The summed E-state index contributed by atoms with van der Waals surface area (Å²) in [6.45, 7) is 2.45. The maximum atomic E-state index is 15.7. The number of hydrogen-bond donors (Lipinski definition) is 3. The minimum atomic E-state index is -1.35. The van der Waals surface area contributed by atoms with Gasteiger partial charge in [-0.2, -0.15) is 0 Å². The molecule has 12 heteroatoms.